The van der Waals surface area contributed by atoms with E-state index in [0.717, 1.165) is 12.8 Å². The predicted octanol–water partition coefficient (Wildman–Crippen LogP) is 2.12. The number of hydrogen-bond donors (Lipinski definition) is 1. The van der Waals surface area contributed by atoms with Gasteiger partial charge in [0.25, 0.3) is 0 Å². The van der Waals surface area contributed by atoms with Crippen molar-refractivity contribution in [1.82, 2.24) is 9.97 Å². The van der Waals surface area contributed by atoms with E-state index in [4.69, 9.17) is 15.2 Å². The average Bonchev–Trinajstić information content (AvgIpc) is 2.26. The molecule has 0 radical (unpaired) electrons. The normalized spacial score (nSPS) is 28.1. The molecule has 1 aromatic rings. The molecule has 0 aromatic carbocycles. The van der Waals surface area contributed by atoms with Gasteiger partial charge in [0.2, 0.25) is 5.88 Å². The zero-order valence-electron chi connectivity index (χ0n) is 10.9. The van der Waals surface area contributed by atoms with E-state index in [-0.39, 0.29) is 18.3 Å². The molecule has 6 heteroatoms. The van der Waals surface area contributed by atoms with Crippen molar-refractivity contribution >= 4 is 17.6 Å². The molecule has 0 saturated carbocycles. The molecule has 2 rings (SSSR count). The van der Waals surface area contributed by atoms with E-state index >= 15 is 0 Å². The summed E-state index contributed by atoms with van der Waals surface area (Å²) in [6.07, 6.45) is 4.24. The number of aromatic nitrogens is 2. The highest BCUT2D eigenvalue weighted by molar-refractivity contribution is 7.98. The number of hydrogen-bond acceptors (Lipinski definition) is 6. The Bertz CT molecular complexity index is 406. The molecule has 0 bridgehead atoms. The average molecular weight is 269 g/mol. The molecule has 5 nitrogen and oxygen atoms in total. The molecular formula is C12H19N3O2S. The number of nitrogens with zero attached hydrogens (tertiary/aromatic N) is 2. The number of ether oxygens (including phenoxy) is 2. The van der Waals surface area contributed by atoms with Crippen molar-refractivity contribution in [1.29, 1.82) is 0 Å². The Hall–Kier alpha value is -1.01. The summed E-state index contributed by atoms with van der Waals surface area (Å²) >= 11 is 1.45. The van der Waals surface area contributed by atoms with Crippen LogP contribution in [0.4, 0.5) is 5.82 Å². The molecule has 1 saturated heterocycles. The molecule has 0 aliphatic carbocycles. The molecule has 0 amide bonds. The molecule has 2 unspecified atom stereocenters. The Morgan fingerprint density at radius 3 is 2.61 bits per heavy atom. The summed E-state index contributed by atoms with van der Waals surface area (Å²) in [5.74, 6) is 0.996. The summed E-state index contributed by atoms with van der Waals surface area (Å²) in [7, 11) is 0. The maximum absolute atomic E-state index is 5.90. The van der Waals surface area contributed by atoms with Gasteiger partial charge in [0.05, 0.1) is 12.2 Å². The Labute approximate surface area is 111 Å². The smallest absolute Gasteiger partial charge is 0.219 e. The highest BCUT2D eigenvalue weighted by Crippen LogP contribution is 2.25. The maximum atomic E-state index is 5.90. The number of thioether (sulfide) groups is 1. The first kappa shape index (κ1) is 13.4. The fourth-order valence-electron chi connectivity index (χ4n) is 2.18. The zero-order valence-corrected chi connectivity index (χ0v) is 11.7. The third kappa shape index (κ3) is 3.49. The van der Waals surface area contributed by atoms with E-state index in [0.29, 0.717) is 16.9 Å². The molecule has 1 fully saturated rings. The van der Waals surface area contributed by atoms with E-state index < -0.39 is 0 Å². The third-order valence-electron chi connectivity index (χ3n) is 2.83. The van der Waals surface area contributed by atoms with Crippen molar-refractivity contribution in [2.24, 2.45) is 0 Å². The summed E-state index contributed by atoms with van der Waals surface area (Å²) < 4.78 is 11.6. The minimum atomic E-state index is 0.132. The van der Waals surface area contributed by atoms with Crippen LogP contribution in [-0.4, -0.2) is 34.5 Å². The third-order valence-corrected chi connectivity index (χ3v) is 3.37. The van der Waals surface area contributed by atoms with Crippen LogP contribution in [-0.2, 0) is 4.74 Å². The molecule has 1 aliphatic rings. The Morgan fingerprint density at radius 1 is 1.33 bits per heavy atom. The van der Waals surface area contributed by atoms with Gasteiger partial charge in [-0.25, -0.2) is 4.98 Å². The predicted molar refractivity (Wildman–Crippen MR) is 71.9 cm³/mol. The van der Waals surface area contributed by atoms with Crippen molar-refractivity contribution in [3.63, 3.8) is 0 Å². The zero-order chi connectivity index (χ0) is 13.1. The first-order valence-corrected chi connectivity index (χ1v) is 7.30. The van der Waals surface area contributed by atoms with Crippen molar-refractivity contribution in [2.45, 2.75) is 50.2 Å². The lowest BCUT2D eigenvalue weighted by molar-refractivity contribution is -0.0730. The Balaban J connectivity index is 2.06. The van der Waals surface area contributed by atoms with Gasteiger partial charge in [0.1, 0.15) is 11.9 Å². The molecule has 2 N–H and O–H groups in total. The molecule has 0 spiro atoms. The minimum absolute atomic E-state index is 0.132. The van der Waals surface area contributed by atoms with Gasteiger partial charge < -0.3 is 15.2 Å². The lowest BCUT2D eigenvalue weighted by Gasteiger charge is -2.31. The molecule has 2 atom stereocenters. The van der Waals surface area contributed by atoms with E-state index in [1.54, 1.807) is 6.07 Å². The van der Waals surface area contributed by atoms with Crippen LogP contribution in [0.1, 0.15) is 26.7 Å². The Kier molecular flexibility index (Phi) is 4.29. The van der Waals surface area contributed by atoms with Crippen molar-refractivity contribution < 1.29 is 9.47 Å². The fraction of sp³-hybridized carbons (Fsp3) is 0.667. The van der Waals surface area contributed by atoms with Crippen molar-refractivity contribution in [2.75, 3.05) is 12.0 Å². The second-order valence-electron chi connectivity index (χ2n) is 4.59. The Morgan fingerprint density at radius 2 is 2.00 bits per heavy atom. The van der Waals surface area contributed by atoms with Crippen LogP contribution in [0.5, 0.6) is 5.88 Å². The summed E-state index contributed by atoms with van der Waals surface area (Å²) in [5.41, 5.74) is 5.73. The highest BCUT2D eigenvalue weighted by atomic mass is 32.2. The lowest BCUT2D eigenvalue weighted by atomic mass is 10.0. The van der Waals surface area contributed by atoms with Crippen molar-refractivity contribution in [3.05, 3.63) is 6.07 Å². The second kappa shape index (κ2) is 5.75. The van der Waals surface area contributed by atoms with E-state index in [1.807, 2.05) is 6.26 Å². The first-order chi connectivity index (χ1) is 8.56. The highest BCUT2D eigenvalue weighted by Gasteiger charge is 2.26. The van der Waals surface area contributed by atoms with E-state index in [1.165, 1.54) is 11.8 Å². The van der Waals surface area contributed by atoms with Crippen LogP contribution in [0.3, 0.4) is 0 Å². The van der Waals surface area contributed by atoms with Gasteiger partial charge in [0, 0.05) is 18.9 Å². The standard InChI is InChI=1S/C12H19N3O2S/c1-7-4-9(5-8(2)16-7)17-11-6-10(13)14-12(15-11)18-3/h6-9H,4-5H2,1-3H3,(H2,13,14,15). The SMILES string of the molecule is CSc1nc(N)cc(OC2CC(C)OC(C)C2)n1. The summed E-state index contributed by atoms with van der Waals surface area (Å²) in [6.45, 7) is 4.13. The van der Waals surface area contributed by atoms with Gasteiger partial charge in [-0.3, -0.25) is 0 Å². The van der Waals surface area contributed by atoms with Gasteiger partial charge in [-0.1, -0.05) is 11.8 Å². The number of rotatable bonds is 3. The van der Waals surface area contributed by atoms with Gasteiger partial charge in [-0.2, -0.15) is 4.98 Å². The van der Waals surface area contributed by atoms with Crippen LogP contribution in [0.25, 0.3) is 0 Å². The van der Waals surface area contributed by atoms with Gasteiger partial charge in [-0.05, 0) is 20.1 Å². The van der Waals surface area contributed by atoms with Gasteiger partial charge in [-0.15, -0.1) is 0 Å². The first-order valence-electron chi connectivity index (χ1n) is 6.07. The number of anilines is 1. The minimum Gasteiger partial charge on any atom is -0.474 e. The molecular weight excluding hydrogens is 250 g/mol. The monoisotopic (exact) mass is 269 g/mol. The van der Waals surface area contributed by atoms with Crippen LogP contribution >= 0.6 is 11.8 Å². The second-order valence-corrected chi connectivity index (χ2v) is 5.36. The molecule has 18 heavy (non-hydrogen) atoms. The summed E-state index contributed by atoms with van der Waals surface area (Å²) in [4.78, 5) is 8.41. The number of nitrogen functional groups attached to an aromatic ring is 1. The topological polar surface area (TPSA) is 70.3 Å². The van der Waals surface area contributed by atoms with E-state index in [9.17, 15) is 0 Å². The molecule has 2 heterocycles. The van der Waals surface area contributed by atoms with Crippen LogP contribution in [0.15, 0.2) is 11.2 Å². The fourth-order valence-corrected chi connectivity index (χ4v) is 2.56. The summed E-state index contributed by atoms with van der Waals surface area (Å²) in [5, 5.41) is 0.637. The van der Waals surface area contributed by atoms with E-state index in [2.05, 4.69) is 23.8 Å². The van der Waals surface area contributed by atoms with Crippen LogP contribution in [0, 0.1) is 0 Å². The van der Waals surface area contributed by atoms with Crippen LogP contribution in [0.2, 0.25) is 0 Å². The molecule has 1 aromatic heterocycles. The summed E-state index contributed by atoms with van der Waals surface area (Å²) in [6, 6.07) is 1.67. The molecule has 1 aliphatic heterocycles. The quantitative estimate of drug-likeness (QED) is 0.669. The molecule has 100 valence electrons. The van der Waals surface area contributed by atoms with Crippen molar-refractivity contribution in [3.8, 4) is 5.88 Å². The van der Waals surface area contributed by atoms with Gasteiger partial charge in [0.15, 0.2) is 5.16 Å². The lowest BCUT2D eigenvalue weighted by Crippen LogP contribution is -2.35. The maximum Gasteiger partial charge on any atom is 0.219 e. The number of nitrogens with two attached hydrogens (primary N) is 1. The largest absolute Gasteiger partial charge is 0.474 e. The van der Waals surface area contributed by atoms with Crippen LogP contribution < -0.4 is 10.5 Å². The van der Waals surface area contributed by atoms with Gasteiger partial charge >= 0.3 is 0 Å².